The molecule has 0 bridgehead atoms. The van der Waals surface area contributed by atoms with Crippen LogP contribution in [-0.2, 0) is 4.79 Å². The van der Waals surface area contributed by atoms with Crippen LogP contribution in [0, 0.1) is 5.92 Å². The molecule has 1 amide bonds. The van der Waals surface area contributed by atoms with E-state index in [2.05, 4.69) is 20.5 Å². The molecule has 21 heavy (non-hydrogen) atoms. The highest BCUT2D eigenvalue weighted by Crippen LogP contribution is 2.38. The quantitative estimate of drug-likeness (QED) is 0.884. The molecule has 1 aliphatic heterocycles. The standard InChI is InChI=1S/C15H19BrN2O3/c16-11-7-13(18(9-11)12-2-3-12)15(21)17-6-5-10(8-17)1-4-14(19)20/h7,9-10,12H,1-6,8H2,(H,19,20). The Labute approximate surface area is 132 Å². The zero-order chi connectivity index (χ0) is 15.0. The predicted molar refractivity (Wildman–Crippen MR) is 81.3 cm³/mol. The van der Waals surface area contributed by atoms with Gasteiger partial charge in [-0.2, -0.15) is 0 Å². The molecule has 0 radical (unpaired) electrons. The van der Waals surface area contributed by atoms with E-state index in [9.17, 15) is 9.59 Å². The largest absolute Gasteiger partial charge is 0.481 e. The van der Waals surface area contributed by atoms with E-state index >= 15 is 0 Å². The smallest absolute Gasteiger partial charge is 0.303 e. The van der Waals surface area contributed by atoms with Crippen molar-refractivity contribution in [2.45, 2.75) is 38.1 Å². The van der Waals surface area contributed by atoms with Gasteiger partial charge in [0.15, 0.2) is 0 Å². The van der Waals surface area contributed by atoms with E-state index < -0.39 is 5.97 Å². The molecule has 1 unspecified atom stereocenters. The summed E-state index contributed by atoms with van der Waals surface area (Å²) in [5.74, 6) is -0.366. The summed E-state index contributed by atoms with van der Waals surface area (Å²) in [7, 11) is 0. The van der Waals surface area contributed by atoms with Crippen molar-refractivity contribution in [1.82, 2.24) is 9.47 Å². The summed E-state index contributed by atoms with van der Waals surface area (Å²) in [6.45, 7) is 1.41. The lowest BCUT2D eigenvalue weighted by Gasteiger charge is -2.17. The van der Waals surface area contributed by atoms with Crippen LogP contribution < -0.4 is 0 Å². The number of carbonyl (C=O) groups is 2. The van der Waals surface area contributed by atoms with E-state index in [1.807, 2.05) is 17.2 Å². The van der Waals surface area contributed by atoms with Gasteiger partial charge in [-0.05, 0) is 53.6 Å². The van der Waals surface area contributed by atoms with Gasteiger partial charge in [-0.15, -0.1) is 0 Å². The van der Waals surface area contributed by atoms with Gasteiger partial charge in [0.25, 0.3) is 5.91 Å². The average molecular weight is 355 g/mol. The topological polar surface area (TPSA) is 62.5 Å². The number of hydrogen-bond donors (Lipinski definition) is 1. The second-order valence-electron chi connectivity index (χ2n) is 6.02. The van der Waals surface area contributed by atoms with Crippen molar-refractivity contribution < 1.29 is 14.7 Å². The summed E-state index contributed by atoms with van der Waals surface area (Å²) in [6.07, 6.45) is 6.03. The van der Waals surface area contributed by atoms with Crippen LogP contribution in [0.5, 0.6) is 0 Å². The Hall–Kier alpha value is -1.30. The maximum Gasteiger partial charge on any atom is 0.303 e. The second-order valence-corrected chi connectivity index (χ2v) is 6.94. The van der Waals surface area contributed by atoms with Crippen molar-refractivity contribution >= 4 is 27.8 Å². The van der Waals surface area contributed by atoms with Crippen LogP contribution in [0.15, 0.2) is 16.7 Å². The molecule has 2 heterocycles. The highest BCUT2D eigenvalue weighted by molar-refractivity contribution is 9.10. The molecule has 1 atom stereocenters. The molecule has 1 aromatic rings. The summed E-state index contributed by atoms with van der Waals surface area (Å²) in [5.41, 5.74) is 0.753. The number of carbonyl (C=O) groups excluding carboxylic acids is 1. The Balaban J connectivity index is 1.65. The van der Waals surface area contributed by atoms with Crippen molar-refractivity contribution in [2.75, 3.05) is 13.1 Å². The molecule has 5 nitrogen and oxygen atoms in total. The Kier molecular flexibility index (Phi) is 4.06. The summed E-state index contributed by atoms with van der Waals surface area (Å²) >= 11 is 3.45. The van der Waals surface area contributed by atoms with E-state index in [1.54, 1.807) is 0 Å². The van der Waals surface area contributed by atoms with Crippen LogP contribution in [0.3, 0.4) is 0 Å². The minimum Gasteiger partial charge on any atom is -0.481 e. The third kappa shape index (κ3) is 3.31. The highest BCUT2D eigenvalue weighted by Gasteiger charge is 2.32. The van der Waals surface area contributed by atoms with E-state index in [-0.39, 0.29) is 12.3 Å². The van der Waals surface area contributed by atoms with Crippen molar-refractivity contribution in [3.63, 3.8) is 0 Å². The Morgan fingerprint density at radius 1 is 1.33 bits per heavy atom. The summed E-state index contributed by atoms with van der Waals surface area (Å²) < 4.78 is 3.02. The van der Waals surface area contributed by atoms with Gasteiger partial charge in [0, 0.05) is 36.2 Å². The summed E-state index contributed by atoms with van der Waals surface area (Å²) in [6, 6.07) is 2.37. The minimum atomic E-state index is -0.758. The highest BCUT2D eigenvalue weighted by atomic mass is 79.9. The third-order valence-electron chi connectivity index (χ3n) is 4.31. The van der Waals surface area contributed by atoms with Gasteiger partial charge in [0.2, 0.25) is 0 Å². The van der Waals surface area contributed by atoms with Crippen LogP contribution in [0.4, 0.5) is 0 Å². The first-order chi connectivity index (χ1) is 10.0. The predicted octanol–water partition coefficient (Wildman–Crippen LogP) is 2.91. The van der Waals surface area contributed by atoms with Gasteiger partial charge in [-0.25, -0.2) is 0 Å². The van der Waals surface area contributed by atoms with Crippen molar-refractivity contribution in [2.24, 2.45) is 5.92 Å². The van der Waals surface area contributed by atoms with Gasteiger partial charge in [0.1, 0.15) is 5.69 Å². The molecule has 6 heteroatoms. The molecule has 2 aliphatic rings. The number of amides is 1. The van der Waals surface area contributed by atoms with E-state index in [4.69, 9.17) is 5.11 Å². The molecule has 1 saturated heterocycles. The fourth-order valence-electron chi connectivity index (χ4n) is 3.01. The first-order valence-electron chi connectivity index (χ1n) is 7.43. The number of halogens is 1. The van der Waals surface area contributed by atoms with Gasteiger partial charge in [-0.3, -0.25) is 9.59 Å². The maximum absolute atomic E-state index is 12.7. The van der Waals surface area contributed by atoms with Crippen LogP contribution in [0.1, 0.15) is 48.6 Å². The number of nitrogens with zero attached hydrogens (tertiary/aromatic N) is 2. The average Bonchev–Trinajstić information content (AvgIpc) is 3.04. The second kappa shape index (κ2) is 5.83. The number of hydrogen-bond acceptors (Lipinski definition) is 2. The van der Waals surface area contributed by atoms with Crippen LogP contribution in [-0.4, -0.2) is 39.5 Å². The fraction of sp³-hybridized carbons (Fsp3) is 0.600. The molecule has 114 valence electrons. The van der Waals surface area contributed by atoms with Gasteiger partial charge in [0.05, 0.1) is 0 Å². The van der Waals surface area contributed by atoms with Crippen molar-refractivity contribution in [3.8, 4) is 0 Å². The molecule has 1 N–H and O–H groups in total. The molecular formula is C15H19BrN2O3. The Morgan fingerprint density at radius 2 is 2.10 bits per heavy atom. The molecule has 1 aliphatic carbocycles. The van der Waals surface area contributed by atoms with E-state index in [1.165, 1.54) is 0 Å². The van der Waals surface area contributed by atoms with Crippen LogP contribution in [0.25, 0.3) is 0 Å². The maximum atomic E-state index is 12.7. The minimum absolute atomic E-state index is 0.0745. The van der Waals surface area contributed by atoms with Gasteiger partial charge in [-0.1, -0.05) is 0 Å². The zero-order valence-corrected chi connectivity index (χ0v) is 13.4. The number of aromatic nitrogens is 1. The van der Waals surface area contributed by atoms with Crippen LogP contribution >= 0.6 is 15.9 Å². The molecule has 3 rings (SSSR count). The number of aliphatic carboxylic acids is 1. The van der Waals surface area contributed by atoms with E-state index in [0.717, 1.165) is 36.0 Å². The van der Waals surface area contributed by atoms with E-state index in [0.29, 0.717) is 24.9 Å². The first-order valence-corrected chi connectivity index (χ1v) is 8.22. The molecule has 1 aromatic heterocycles. The lowest BCUT2D eigenvalue weighted by atomic mass is 10.0. The lowest BCUT2D eigenvalue weighted by molar-refractivity contribution is -0.137. The number of rotatable bonds is 5. The first kappa shape index (κ1) is 14.6. The molecule has 2 fully saturated rings. The SMILES string of the molecule is O=C(O)CCC1CCN(C(=O)c2cc(Br)cn2C2CC2)C1. The number of likely N-dealkylation sites (tertiary alicyclic amines) is 1. The third-order valence-corrected chi connectivity index (χ3v) is 4.75. The molecule has 0 aromatic carbocycles. The lowest BCUT2D eigenvalue weighted by Crippen LogP contribution is -2.30. The van der Waals surface area contributed by atoms with Crippen LogP contribution in [0.2, 0.25) is 0 Å². The molecule has 1 saturated carbocycles. The summed E-state index contributed by atoms with van der Waals surface area (Å²) in [5, 5.41) is 8.74. The van der Waals surface area contributed by atoms with Crippen molar-refractivity contribution in [3.05, 3.63) is 22.4 Å². The normalized spacial score (nSPS) is 21.8. The number of carboxylic acid groups (broad SMARTS) is 1. The van der Waals surface area contributed by atoms with Crippen molar-refractivity contribution in [1.29, 1.82) is 0 Å². The monoisotopic (exact) mass is 354 g/mol. The zero-order valence-electron chi connectivity index (χ0n) is 11.8. The summed E-state index contributed by atoms with van der Waals surface area (Å²) in [4.78, 5) is 25.2. The van der Waals surface area contributed by atoms with Gasteiger partial charge >= 0.3 is 5.97 Å². The Bertz CT molecular complexity index is 565. The number of carboxylic acids is 1. The molecular weight excluding hydrogens is 336 g/mol. The fourth-order valence-corrected chi connectivity index (χ4v) is 3.45. The van der Waals surface area contributed by atoms with Gasteiger partial charge < -0.3 is 14.6 Å². The molecule has 0 spiro atoms. The Morgan fingerprint density at radius 3 is 2.76 bits per heavy atom.